The molecule has 1 fully saturated rings. The zero-order chi connectivity index (χ0) is 20.1. The number of nitrogens with zero attached hydrogens (tertiary/aromatic N) is 4. The van der Waals surface area contributed by atoms with E-state index in [0.29, 0.717) is 43.1 Å². The van der Waals surface area contributed by atoms with Gasteiger partial charge in [-0.25, -0.2) is 9.78 Å². The summed E-state index contributed by atoms with van der Waals surface area (Å²) in [5.74, 6) is -1.00. The molecule has 1 spiro atoms. The molecule has 2 aliphatic rings. The van der Waals surface area contributed by atoms with Crippen molar-refractivity contribution < 1.29 is 32.5 Å². The summed E-state index contributed by atoms with van der Waals surface area (Å²) in [7, 11) is 0. The molecule has 1 saturated heterocycles. The van der Waals surface area contributed by atoms with Gasteiger partial charge in [-0.15, -0.1) is 13.2 Å². The molecule has 1 atom stereocenters. The van der Waals surface area contributed by atoms with E-state index in [2.05, 4.69) is 14.8 Å². The molecule has 2 aliphatic heterocycles. The third-order valence-corrected chi connectivity index (χ3v) is 4.83. The van der Waals surface area contributed by atoms with Crippen LogP contribution in [0.5, 0.6) is 5.75 Å². The highest BCUT2D eigenvalue weighted by atomic mass is 19.4. The van der Waals surface area contributed by atoms with Gasteiger partial charge in [-0.3, -0.25) is 4.68 Å². The van der Waals surface area contributed by atoms with Gasteiger partial charge in [-0.2, -0.15) is 5.10 Å². The molecule has 0 aliphatic carbocycles. The summed E-state index contributed by atoms with van der Waals surface area (Å²) in [5.41, 5.74) is 5.98. The van der Waals surface area contributed by atoms with E-state index < -0.39 is 29.6 Å². The predicted octanol–water partition coefficient (Wildman–Crippen LogP) is 2.04. The summed E-state index contributed by atoms with van der Waals surface area (Å²) in [4.78, 5) is 16.3. The van der Waals surface area contributed by atoms with E-state index in [1.807, 2.05) is 0 Å². The van der Waals surface area contributed by atoms with Crippen molar-refractivity contribution in [2.24, 2.45) is 0 Å². The van der Waals surface area contributed by atoms with E-state index in [0.717, 1.165) is 6.07 Å². The van der Waals surface area contributed by atoms with Gasteiger partial charge < -0.3 is 25.2 Å². The molecule has 1 amide bonds. The largest absolute Gasteiger partial charge is 0.573 e. The smallest absolute Gasteiger partial charge is 0.465 e. The second kappa shape index (κ2) is 6.26. The first-order chi connectivity index (χ1) is 13.2. The zero-order valence-corrected chi connectivity index (χ0v) is 14.4. The fraction of sp³-hybridized carbons (Fsp3) is 0.438. The van der Waals surface area contributed by atoms with Gasteiger partial charge in [0.25, 0.3) is 0 Å². The minimum absolute atomic E-state index is 0.163. The molecule has 9 nitrogen and oxygen atoms in total. The third-order valence-electron chi connectivity index (χ3n) is 4.83. The minimum Gasteiger partial charge on any atom is -0.465 e. The number of nitrogens with two attached hydrogens (primary N) is 1. The maximum atomic E-state index is 12.5. The van der Waals surface area contributed by atoms with Crippen molar-refractivity contribution in [2.75, 3.05) is 25.4 Å². The van der Waals surface area contributed by atoms with Gasteiger partial charge in [0.05, 0.1) is 31.1 Å². The number of anilines is 1. The Bertz CT molecular complexity index is 931. The Morgan fingerprint density at radius 3 is 2.82 bits per heavy atom. The number of aromatic nitrogens is 3. The molecular formula is C16H16F3N5O4. The van der Waals surface area contributed by atoms with Gasteiger partial charge in [0.15, 0.2) is 11.6 Å². The Morgan fingerprint density at radius 1 is 1.36 bits per heavy atom. The molecule has 0 bridgehead atoms. The van der Waals surface area contributed by atoms with Crippen molar-refractivity contribution in [3.63, 3.8) is 0 Å². The van der Waals surface area contributed by atoms with Crippen molar-refractivity contribution in [2.45, 2.75) is 24.9 Å². The van der Waals surface area contributed by atoms with Crippen LogP contribution >= 0.6 is 0 Å². The van der Waals surface area contributed by atoms with E-state index in [4.69, 9.17) is 10.5 Å². The number of ether oxygens (including phenoxy) is 2. The number of alkyl halides is 3. The molecule has 150 valence electrons. The van der Waals surface area contributed by atoms with E-state index in [1.54, 1.807) is 10.7 Å². The first-order valence-corrected chi connectivity index (χ1v) is 8.39. The Hall–Kier alpha value is -3.02. The fourth-order valence-corrected chi connectivity index (χ4v) is 3.57. The molecule has 0 aromatic carbocycles. The lowest BCUT2D eigenvalue weighted by Crippen LogP contribution is -2.41. The Labute approximate surface area is 156 Å². The Kier molecular flexibility index (Phi) is 4.10. The molecule has 2 aromatic heterocycles. The highest BCUT2D eigenvalue weighted by Gasteiger charge is 2.47. The molecular weight excluding hydrogens is 383 g/mol. The highest BCUT2D eigenvalue weighted by Crippen LogP contribution is 2.40. The number of fused-ring (bicyclic) bond motifs is 2. The number of carboxylic acid groups (broad SMARTS) is 1. The first-order valence-electron chi connectivity index (χ1n) is 8.39. The number of nitrogen functional groups attached to an aromatic ring is 1. The Morgan fingerprint density at radius 2 is 2.14 bits per heavy atom. The van der Waals surface area contributed by atoms with E-state index in [9.17, 15) is 23.1 Å². The van der Waals surface area contributed by atoms with Crippen LogP contribution in [-0.4, -0.2) is 56.9 Å². The molecule has 4 heterocycles. The lowest BCUT2D eigenvalue weighted by molar-refractivity contribution is -0.274. The monoisotopic (exact) mass is 399 g/mol. The molecule has 12 heteroatoms. The van der Waals surface area contributed by atoms with Gasteiger partial charge >= 0.3 is 12.5 Å². The average molecular weight is 399 g/mol. The number of pyridine rings is 1. The van der Waals surface area contributed by atoms with Gasteiger partial charge in [-0.1, -0.05) is 0 Å². The van der Waals surface area contributed by atoms with E-state index in [-0.39, 0.29) is 6.54 Å². The summed E-state index contributed by atoms with van der Waals surface area (Å²) in [6.07, 6.45) is -4.16. The summed E-state index contributed by atoms with van der Waals surface area (Å²) in [6, 6.07) is 2.80. The maximum Gasteiger partial charge on any atom is 0.573 e. The standard InChI is InChI=1S/C16H16F3N5O4/c17-16(18,19)28-11-5-9(7-21-13(11)20)10-6-12-15(27-4-3-24(12)22-10)1-2-23(8-15)14(25)26/h5-7H,1-4,8H2,(H2,20,21)(H,25,26)/t15-/m1/s1. The lowest BCUT2D eigenvalue weighted by atomic mass is 9.96. The Balaban J connectivity index is 1.69. The van der Waals surface area contributed by atoms with Crippen molar-refractivity contribution >= 4 is 11.9 Å². The van der Waals surface area contributed by atoms with Crippen molar-refractivity contribution in [3.8, 4) is 17.0 Å². The van der Waals surface area contributed by atoms with Gasteiger partial charge in [0.1, 0.15) is 5.60 Å². The summed E-state index contributed by atoms with van der Waals surface area (Å²) in [6.45, 7) is 1.28. The summed E-state index contributed by atoms with van der Waals surface area (Å²) < 4.78 is 49.2. The van der Waals surface area contributed by atoms with Crippen LogP contribution < -0.4 is 10.5 Å². The number of amides is 1. The van der Waals surface area contributed by atoms with E-state index in [1.165, 1.54) is 11.1 Å². The highest BCUT2D eigenvalue weighted by molar-refractivity contribution is 5.66. The number of hydrogen-bond acceptors (Lipinski definition) is 6. The lowest BCUT2D eigenvalue weighted by Gasteiger charge is -2.33. The van der Waals surface area contributed by atoms with Crippen LogP contribution in [0.1, 0.15) is 12.1 Å². The van der Waals surface area contributed by atoms with Crippen molar-refractivity contribution in [1.29, 1.82) is 0 Å². The number of likely N-dealkylation sites (tertiary alicyclic amines) is 1. The van der Waals surface area contributed by atoms with Crippen LogP contribution in [0, 0.1) is 0 Å². The molecule has 0 unspecified atom stereocenters. The van der Waals surface area contributed by atoms with Gasteiger partial charge in [-0.05, 0) is 12.1 Å². The van der Waals surface area contributed by atoms with Crippen molar-refractivity contribution in [1.82, 2.24) is 19.7 Å². The molecule has 4 rings (SSSR count). The maximum absolute atomic E-state index is 12.5. The summed E-state index contributed by atoms with van der Waals surface area (Å²) in [5, 5.41) is 13.7. The average Bonchev–Trinajstić information content (AvgIpc) is 3.22. The molecule has 0 saturated carbocycles. The van der Waals surface area contributed by atoms with Crippen molar-refractivity contribution in [3.05, 3.63) is 24.0 Å². The fourth-order valence-electron chi connectivity index (χ4n) is 3.57. The second-order valence-electron chi connectivity index (χ2n) is 6.59. The molecule has 2 aromatic rings. The minimum atomic E-state index is -4.90. The number of hydrogen-bond donors (Lipinski definition) is 2. The van der Waals surface area contributed by atoms with Crippen LogP contribution in [0.3, 0.4) is 0 Å². The molecule has 0 radical (unpaired) electrons. The van der Waals surface area contributed by atoms with Gasteiger partial charge in [0.2, 0.25) is 0 Å². The predicted molar refractivity (Wildman–Crippen MR) is 88.4 cm³/mol. The topological polar surface area (TPSA) is 116 Å². The van der Waals surface area contributed by atoms with Crippen LogP contribution in [-0.2, 0) is 16.9 Å². The SMILES string of the molecule is Nc1ncc(-c2cc3n(n2)CCO[C@@]32CCN(C(=O)O)C2)cc1OC(F)(F)F. The third kappa shape index (κ3) is 3.19. The van der Waals surface area contributed by atoms with Crippen LogP contribution in [0.2, 0.25) is 0 Å². The molecule has 28 heavy (non-hydrogen) atoms. The van der Waals surface area contributed by atoms with Gasteiger partial charge in [0, 0.05) is 24.7 Å². The normalized spacial score (nSPS) is 21.8. The van der Waals surface area contributed by atoms with Crippen LogP contribution in [0.25, 0.3) is 11.3 Å². The zero-order valence-electron chi connectivity index (χ0n) is 14.4. The summed E-state index contributed by atoms with van der Waals surface area (Å²) >= 11 is 0. The second-order valence-corrected chi connectivity index (χ2v) is 6.59. The van der Waals surface area contributed by atoms with Crippen LogP contribution in [0.15, 0.2) is 18.3 Å². The first kappa shape index (κ1) is 18.3. The number of halogens is 3. The molecule has 3 N–H and O–H groups in total. The number of rotatable bonds is 2. The van der Waals surface area contributed by atoms with Crippen LogP contribution in [0.4, 0.5) is 23.8 Å². The quantitative estimate of drug-likeness (QED) is 0.794. The number of carbonyl (C=O) groups is 1. The van der Waals surface area contributed by atoms with E-state index >= 15 is 0 Å².